The average Bonchev–Trinajstić information content (AvgIpc) is 3.29. The van der Waals surface area contributed by atoms with Crippen molar-refractivity contribution in [3.63, 3.8) is 0 Å². The molecule has 0 bridgehead atoms. The fraction of sp³-hybridized carbons (Fsp3) is 0.520. The zero-order valence-electron chi connectivity index (χ0n) is 21.6. The molecule has 9 nitrogen and oxygen atoms in total. The number of aryl methyl sites for hydroxylation is 3. The van der Waals surface area contributed by atoms with Crippen LogP contribution in [-0.2, 0) is 0 Å². The van der Waals surface area contributed by atoms with Crippen LogP contribution in [0.1, 0.15) is 47.9 Å². The summed E-state index contributed by atoms with van der Waals surface area (Å²) in [6.07, 6.45) is -1.19. The van der Waals surface area contributed by atoms with Crippen molar-refractivity contribution in [2.45, 2.75) is 69.0 Å². The second-order valence-electron chi connectivity index (χ2n) is 10.3. The number of nitrogens with zero attached hydrogens (tertiary/aromatic N) is 5. The molecule has 1 unspecified atom stereocenters. The van der Waals surface area contributed by atoms with E-state index in [1.165, 1.54) is 10.9 Å². The van der Waals surface area contributed by atoms with Crippen LogP contribution in [0.4, 0.5) is 13.2 Å². The molecular weight excluding hydrogens is 523 g/mol. The van der Waals surface area contributed by atoms with Crippen LogP contribution >= 0.6 is 10.9 Å². The molecule has 4 rings (SSSR count). The molecule has 1 aliphatic rings. The van der Waals surface area contributed by atoms with Crippen LogP contribution < -0.4 is 0 Å². The summed E-state index contributed by atoms with van der Waals surface area (Å²) in [6, 6.07) is 0.505. The van der Waals surface area contributed by atoms with Gasteiger partial charge >= 0.3 is 0 Å². The van der Waals surface area contributed by atoms with E-state index in [9.17, 15) is 33.6 Å². The summed E-state index contributed by atoms with van der Waals surface area (Å²) < 4.78 is 42.0. The molecular formula is C25H32F3N5O4S. The molecule has 0 spiro atoms. The normalized spacial score (nSPS) is 25.9. The van der Waals surface area contributed by atoms with Gasteiger partial charge < -0.3 is 20.4 Å². The van der Waals surface area contributed by atoms with Gasteiger partial charge in [0.2, 0.25) is 0 Å². The Morgan fingerprint density at radius 2 is 1.66 bits per heavy atom. The number of aliphatic hydroxyl groups is 4. The Morgan fingerprint density at radius 3 is 2.24 bits per heavy atom. The van der Waals surface area contributed by atoms with E-state index in [0.29, 0.717) is 17.1 Å². The number of hydrogen-bond donors (Lipinski definition) is 5. The zero-order valence-corrected chi connectivity index (χ0v) is 22.5. The van der Waals surface area contributed by atoms with Crippen molar-refractivity contribution < 1.29 is 33.6 Å². The molecule has 208 valence electrons. The van der Waals surface area contributed by atoms with Crippen LogP contribution in [0, 0.1) is 38.2 Å². The zero-order chi connectivity index (χ0) is 28.1. The molecule has 6 atom stereocenters. The topological polar surface area (TPSA) is 137 Å². The molecule has 38 heavy (non-hydrogen) atoms. The first-order chi connectivity index (χ1) is 17.7. The fourth-order valence-electron chi connectivity index (χ4n) is 5.10. The van der Waals surface area contributed by atoms with Crippen molar-refractivity contribution in [2.24, 2.45) is 0 Å². The lowest BCUT2D eigenvalue weighted by atomic mass is 10.00. The first-order valence-corrected chi connectivity index (χ1v) is 13.7. The van der Waals surface area contributed by atoms with Crippen LogP contribution in [0.5, 0.6) is 0 Å². The molecule has 3 heterocycles. The van der Waals surface area contributed by atoms with Gasteiger partial charge in [-0.2, -0.15) is 0 Å². The minimum atomic E-state index is -1.61. The summed E-state index contributed by atoms with van der Waals surface area (Å²) >= 11 is 0. The molecule has 0 amide bonds. The third-order valence-electron chi connectivity index (χ3n) is 7.02. The molecule has 13 heteroatoms. The number of rotatable bonds is 6. The summed E-state index contributed by atoms with van der Waals surface area (Å²) in [6.45, 7) is 8.25. The first kappa shape index (κ1) is 28.4. The monoisotopic (exact) mass is 555 g/mol. The van der Waals surface area contributed by atoms with Gasteiger partial charge in [-0.15, -0.1) is 5.10 Å². The van der Waals surface area contributed by atoms with E-state index >= 15 is 0 Å². The lowest BCUT2D eigenvalue weighted by Crippen LogP contribution is -2.52. The number of aliphatic hydroxyl groups excluding tert-OH is 3. The van der Waals surface area contributed by atoms with Gasteiger partial charge in [0.1, 0.15) is 11.7 Å². The summed E-state index contributed by atoms with van der Waals surface area (Å²) in [5.74, 6) is -4.26. The van der Waals surface area contributed by atoms with E-state index in [1.54, 1.807) is 20.8 Å². The Morgan fingerprint density at radius 1 is 1.05 bits per heavy atom. The van der Waals surface area contributed by atoms with Crippen LogP contribution in [0.2, 0.25) is 0 Å². The largest absolute Gasteiger partial charge is 0.395 e. The van der Waals surface area contributed by atoms with Crippen molar-refractivity contribution in [3.8, 4) is 11.3 Å². The predicted molar refractivity (Wildman–Crippen MR) is 136 cm³/mol. The molecule has 1 saturated heterocycles. The first-order valence-electron chi connectivity index (χ1n) is 12.1. The number of halogens is 3. The second kappa shape index (κ2) is 10.5. The molecule has 2 aromatic heterocycles. The highest BCUT2D eigenvalue weighted by Gasteiger charge is 2.49. The van der Waals surface area contributed by atoms with Crippen molar-refractivity contribution in [3.05, 3.63) is 58.6 Å². The highest BCUT2D eigenvalue weighted by atomic mass is 32.2. The van der Waals surface area contributed by atoms with Crippen LogP contribution in [-0.4, -0.2) is 80.8 Å². The quantitative estimate of drug-likeness (QED) is 0.231. The van der Waals surface area contributed by atoms with Crippen molar-refractivity contribution in [1.29, 1.82) is 0 Å². The van der Waals surface area contributed by atoms with E-state index in [0.717, 1.165) is 17.8 Å². The van der Waals surface area contributed by atoms with Gasteiger partial charge in [0, 0.05) is 16.6 Å². The summed E-state index contributed by atoms with van der Waals surface area (Å²) in [5.41, 5.74) is 1.22. The summed E-state index contributed by atoms with van der Waals surface area (Å²) in [7, 11) is -1.45. The van der Waals surface area contributed by atoms with E-state index in [4.69, 9.17) is 4.98 Å². The van der Waals surface area contributed by atoms with E-state index in [-0.39, 0.29) is 17.0 Å². The summed E-state index contributed by atoms with van der Waals surface area (Å²) in [4.78, 5) is 9.25. The Kier molecular flexibility index (Phi) is 7.88. The lowest BCUT2D eigenvalue weighted by molar-refractivity contribution is 0.00564. The number of thiol groups is 1. The smallest absolute Gasteiger partial charge is 0.194 e. The third-order valence-corrected chi connectivity index (χ3v) is 10.7. The fourth-order valence-corrected chi connectivity index (χ4v) is 8.76. The molecule has 1 aliphatic heterocycles. The Labute approximate surface area is 220 Å². The van der Waals surface area contributed by atoms with Gasteiger partial charge in [0.15, 0.2) is 17.5 Å². The number of aromatic nitrogens is 5. The van der Waals surface area contributed by atoms with E-state index in [2.05, 4.69) is 15.3 Å². The van der Waals surface area contributed by atoms with Gasteiger partial charge in [-0.05, 0) is 46.8 Å². The maximum atomic E-state index is 13.7. The molecule has 1 aromatic carbocycles. The van der Waals surface area contributed by atoms with Gasteiger partial charge in [-0.3, -0.25) is 9.97 Å². The molecule has 0 aliphatic carbocycles. The standard InChI is InChI=1S/C25H32F3N5O4S/c1-11-12(2)30-21(13(3)29-11)24(25(4,5)37)38-10-18(35)22(23(36)19(38)9-34)33-8-17(31-32-33)14-6-15(26)20(28)16(27)7-14/h6-8,18-19,22-24,34-38H,9-10H2,1-5H3/t18-,19+,22-,23-,24+/m0/s1. The molecule has 0 radical (unpaired) electrons. The molecule has 0 saturated carbocycles. The highest BCUT2D eigenvalue weighted by molar-refractivity contribution is 8.18. The van der Waals surface area contributed by atoms with Gasteiger partial charge in [0.25, 0.3) is 0 Å². The maximum Gasteiger partial charge on any atom is 0.194 e. The third kappa shape index (κ3) is 5.17. The number of hydrogen-bond acceptors (Lipinski definition) is 8. The van der Waals surface area contributed by atoms with Gasteiger partial charge in [-0.25, -0.2) is 28.7 Å². The molecule has 3 aromatic rings. The minimum absolute atomic E-state index is 0.00554. The SMILES string of the molecule is Cc1nc(C)c([C@@H]([SH]2C[C@H](O)[C@H](n3cc(-c4cc(F)c(F)c(F)c4)nn3)[C@@H](O)[C@H]2CO)C(C)(C)O)nc1C. The lowest BCUT2D eigenvalue weighted by Gasteiger charge is -2.50. The average molecular weight is 556 g/mol. The van der Waals surface area contributed by atoms with Crippen molar-refractivity contribution >= 4 is 10.9 Å². The van der Waals surface area contributed by atoms with Crippen LogP contribution in [0.15, 0.2) is 18.3 Å². The van der Waals surface area contributed by atoms with Crippen LogP contribution in [0.25, 0.3) is 11.3 Å². The van der Waals surface area contributed by atoms with Gasteiger partial charge in [0.05, 0.1) is 58.6 Å². The maximum absolute atomic E-state index is 13.7. The highest BCUT2D eigenvalue weighted by Crippen LogP contribution is 2.57. The number of benzene rings is 1. The van der Waals surface area contributed by atoms with Gasteiger partial charge in [-0.1, -0.05) is 5.21 Å². The van der Waals surface area contributed by atoms with E-state index in [1.807, 2.05) is 13.8 Å². The second-order valence-corrected chi connectivity index (χ2v) is 12.8. The van der Waals surface area contributed by atoms with Crippen molar-refractivity contribution in [2.75, 3.05) is 12.4 Å². The Hall–Kier alpha value is -2.58. The Balaban J connectivity index is 1.70. The molecule has 4 N–H and O–H groups in total. The summed E-state index contributed by atoms with van der Waals surface area (Å²) in [5, 5.41) is 50.6. The molecule has 1 fully saturated rings. The van der Waals surface area contributed by atoms with Crippen LogP contribution in [0.3, 0.4) is 0 Å². The minimum Gasteiger partial charge on any atom is -0.395 e. The Bertz CT molecular complexity index is 1310. The van der Waals surface area contributed by atoms with E-state index < -0.39 is 69.3 Å². The predicted octanol–water partition coefficient (Wildman–Crippen LogP) is 2.23. The van der Waals surface area contributed by atoms with Crippen molar-refractivity contribution in [1.82, 2.24) is 25.0 Å².